The first-order valence-corrected chi connectivity index (χ1v) is 11.2. The van der Waals surface area contributed by atoms with Gasteiger partial charge in [0.1, 0.15) is 24.0 Å². The van der Waals surface area contributed by atoms with Crippen LogP contribution < -0.4 is 19.5 Å². The lowest BCUT2D eigenvalue weighted by Crippen LogP contribution is -2.37. The molecule has 0 spiro atoms. The fourth-order valence-corrected chi connectivity index (χ4v) is 4.58. The lowest BCUT2D eigenvalue weighted by atomic mass is 10.1. The predicted molar refractivity (Wildman–Crippen MR) is 117 cm³/mol. The van der Waals surface area contributed by atoms with E-state index in [1.807, 2.05) is 13.8 Å². The molecule has 1 aromatic heterocycles. The summed E-state index contributed by atoms with van der Waals surface area (Å²) in [7, 11) is 0. The fourth-order valence-electron chi connectivity index (χ4n) is 4.58. The largest absolute Gasteiger partial charge is 0.490 e. The monoisotopic (exact) mass is 455 g/mol. The lowest BCUT2D eigenvalue weighted by molar-refractivity contribution is -0.116. The van der Waals surface area contributed by atoms with Gasteiger partial charge in [0.15, 0.2) is 11.6 Å². The van der Waals surface area contributed by atoms with Gasteiger partial charge in [-0.2, -0.15) is 0 Å². The van der Waals surface area contributed by atoms with E-state index in [0.29, 0.717) is 48.7 Å². The Bertz CT molecular complexity index is 1140. The molecule has 0 saturated carbocycles. The van der Waals surface area contributed by atoms with Crippen molar-refractivity contribution in [1.82, 2.24) is 9.88 Å². The minimum atomic E-state index is -0.538. The molecule has 1 aromatic carbocycles. The molecule has 33 heavy (non-hydrogen) atoms. The Morgan fingerprint density at radius 1 is 1.27 bits per heavy atom. The van der Waals surface area contributed by atoms with E-state index in [0.717, 1.165) is 5.56 Å². The third-order valence-electron chi connectivity index (χ3n) is 6.14. The number of fused-ring (bicyclic) bond motifs is 3. The van der Waals surface area contributed by atoms with Crippen LogP contribution >= 0.6 is 0 Å². The molecule has 0 radical (unpaired) electrons. The smallest absolute Gasteiger partial charge is 0.262 e. The van der Waals surface area contributed by atoms with E-state index >= 15 is 0 Å². The van der Waals surface area contributed by atoms with Gasteiger partial charge in [0, 0.05) is 25.1 Å². The van der Waals surface area contributed by atoms with Crippen LogP contribution in [0.1, 0.15) is 48.2 Å². The van der Waals surface area contributed by atoms with E-state index in [1.54, 1.807) is 30.2 Å². The zero-order chi connectivity index (χ0) is 23.3. The maximum absolute atomic E-state index is 14.8. The van der Waals surface area contributed by atoms with Crippen LogP contribution in [0, 0.1) is 12.7 Å². The minimum absolute atomic E-state index is 0.0304. The van der Waals surface area contributed by atoms with Crippen LogP contribution in [-0.4, -0.2) is 53.1 Å². The van der Waals surface area contributed by atoms with Crippen LogP contribution in [0.4, 0.5) is 10.1 Å². The van der Waals surface area contributed by atoms with Gasteiger partial charge in [-0.1, -0.05) is 0 Å². The molecule has 5 rings (SSSR count). The van der Waals surface area contributed by atoms with Crippen LogP contribution in [-0.2, 0) is 11.2 Å². The number of nitrogens with one attached hydrogen (secondary N) is 1. The highest BCUT2D eigenvalue weighted by Crippen LogP contribution is 2.40. The number of nitrogens with zero attached hydrogens (tertiary/aromatic N) is 2. The quantitative estimate of drug-likeness (QED) is 0.761. The molecule has 2 amide bonds. The number of rotatable bonds is 4. The maximum atomic E-state index is 14.8. The van der Waals surface area contributed by atoms with Gasteiger partial charge in [-0.05, 0) is 44.4 Å². The van der Waals surface area contributed by atoms with Crippen LogP contribution in [0.15, 0.2) is 18.3 Å². The van der Waals surface area contributed by atoms with E-state index < -0.39 is 5.82 Å². The highest BCUT2D eigenvalue weighted by molar-refractivity contribution is 6.00. The standard InChI is InChI=1S/C24H26FN3O5/c1-12(2)32-18-6-13(3)22(25)23-21(18)24(30)28-10-16(7-15(28)11-31-23)33-20-8-17-14(9-26-20)4-5-19(29)27-17/h6,8-9,12,15-16H,4-5,7,10-11H2,1-3H3,(H,27,29)/t15-,16+/m1/s1. The first-order valence-electron chi connectivity index (χ1n) is 11.2. The van der Waals surface area contributed by atoms with Crippen LogP contribution in [0.5, 0.6) is 17.4 Å². The second-order valence-corrected chi connectivity index (χ2v) is 9.00. The Labute approximate surface area is 191 Å². The molecular weight excluding hydrogens is 429 g/mol. The number of benzene rings is 1. The first kappa shape index (κ1) is 21.5. The Morgan fingerprint density at radius 2 is 2.09 bits per heavy atom. The number of anilines is 1. The van der Waals surface area contributed by atoms with Gasteiger partial charge in [-0.3, -0.25) is 9.59 Å². The van der Waals surface area contributed by atoms with Crippen LogP contribution in [0.25, 0.3) is 0 Å². The summed E-state index contributed by atoms with van der Waals surface area (Å²) < 4.78 is 32.6. The number of ether oxygens (including phenoxy) is 3. The Kier molecular flexibility index (Phi) is 5.34. The second kappa shape index (κ2) is 8.20. The van der Waals surface area contributed by atoms with Crippen molar-refractivity contribution in [3.05, 3.63) is 40.8 Å². The van der Waals surface area contributed by atoms with Gasteiger partial charge >= 0.3 is 0 Å². The van der Waals surface area contributed by atoms with Crippen molar-refractivity contribution in [3.8, 4) is 17.4 Å². The molecular formula is C24H26FN3O5. The summed E-state index contributed by atoms with van der Waals surface area (Å²) in [5, 5.41) is 2.84. The molecule has 1 N–H and O–H groups in total. The molecule has 4 heterocycles. The highest BCUT2D eigenvalue weighted by Gasteiger charge is 2.42. The maximum Gasteiger partial charge on any atom is 0.262 e. The zero-order valence-electron chi connectivity index (χ0n) is 18.8. The molecule has 1 fully saturated rings. The topological polar surface area (TPSA) is 90.0 Å². The average molecular weight is 455 g/mol. The SMILES string of the molecule is Cc1cc(OC(C)C)c2c(c1F)OC[C@H]1C[C@H](Oc3cc4c(cn3)CCC(=O)N4)CN1C2=O. The number of aromatic nitrogens is 1. The molecule has 1 saturated heterocycles. The number of hydrogen-bond acceptors (Lipinski definition) is 6. The molecule has 8 nitrogen and oxygen atoms in total. The molecule has 3 aliphatic rings. The van der Waals surface area contributed by atoms with Crippen molar-refractivity contribution in [2.75, 3.05) is 18.5 Å². The van der Waals surface area contributed by atoms with E-state index in [4.69, 9.17) is 14.2 Å². The summed E-state index contributed by atoms with van der Waals surface area (Å²) in [4.78, 5) is 31.2. The number of pyridine rings is 1. The van der Waals surface area contributed by atoms with Gasteiger partial charge in [-0.25, -0.2) is 9.37 Å². The molecule has 174 valence electrons. The van der Waals surface area contributed by atoms with Gasteiger partial charge < -0.3 is 24.4 Å². The van der Waals surface area contributed by atoms with Crippen molar-refractivity contribution >= 4 is 17.5 Å². The Morgan fingerprint density at radius 3 is 2.88 bits per heavy atom. The molecule has 2 aromatic rings. The van der Waals surface area contributed by atoms with E-state index in [2.05, 4.69) is 10.3 Å². The predicted octanol–water partition coefficient (Wildman–Crippen LogP) is 3.26. The number of carbonyl (C=O) groups is 2. The van der Waals surface area contributed by atoms with Crippen molar-refractivity contribution in [2.24, 2.45) is 0 Å². The summed E-state index contributed by atoms with van der Waals surface area (Å²) >= 11 is 0. The summed E-state index contributed by atoms with van der Waals surface area (Å²) in [6.45, 7) is 5.80. The van der Waals surface area contributed by atoms with Crippen molar-refractivity contribution < 1.29 is 28.2 Å². The lowest BCUT2D eigenvalue weighted by Gasteiger charge is -2.22. The molecule has 0 aliphatic carbocycles. The molecule has 0 unspecified atom stereocenters. The molecule has 2 atom stereocenters. The zero-order valence-corrected chi connectivity index (χ0v) is 18.8. The van der Waals surface area contributed by atoms with Crippen molar-refractivity contribution in [2.45, 2.75) is 58.3 Å². The second-order valence-electron chi connectivity index (χ2n) is 9.00. The number of amides is 2. The highest BCUT2D eigenvalue weighted by atomic mass is 19.1. The summed E-state index contributed by atoms with van der Waals surface area (Å²) in [6, 6.07) is 3.00. The van der Waals surface area contributed by atoms with E-state index in [1.165, 1.54) is 0 Å². The summed E-state index contributed by atoms with van der Waals surface area (Å²) in [5.74, 6) is -0.242. The Hall–Kier alpha value is -3.36. The number of halogens is 1. The molecule has 0 bridgehead atoms. The number of aryl methyl sites for hydroxylation is 2. The van der Waals surface area contributed by atoms with Gasteiger partial charge in [0.25, 0.3) is 5.91 Å². The van der Waals surface area contributed by atoms with Gasteiger partial charge in [0.05, 0.1) is 24.4 Å². The third kappa shape index (κ3) is 3.96. The first-order chi connectivity index (χ1) is 15.8. The van der Waals surface area contributed by atoms with E-state index in [-0.39, 0.29) is 48.0 Å². The van der Waals surface area contributed by atoms with Crippen molar-refractivity contribution in [3.63, 3.8) is 0 Å². The van der Waals surface area contributed by atoms with Crippen LogP contribution in [0.3, 0.4) is 0 Å². The molecule has 3 aliphatic heterocycles. The van der Waals surface area contributed by atoms with Gasteiger partial charge in [0.2, 0.25) is 11.8 Å². The van der Waals surface area contributed by atoms with Gasteiger partial charge in [-0.15, -0.1) is 0 Å². The Balaban J connectivity index is 1.38. The average Bonchev–Trinajstić information content (AvgIpc) is 3.10. The van der Waals surface area contributed by atoms with Crippen LogP contribution in [0.2, 0.25) is 0 Å². The third-order valence-corrected chi connectivity index (χ3v) is 6.14. The van der Waals surface area contributed by atoms with E-state index in [9.17, 15) is 14.0 Å². The van der Waals surface area contributed by atoms with Crippen molar-refractivity contribution in [1.29, 1.82) is 0 Å². The molecule has 9 heteroatoms. The normalized spacial score (nSPS) is 21.5. The number of carbonyl (C=O) groups excluding carboxylic acids is 2. The fraction of sp³-hybridized carbons (Fsp3) is 0.458. The minimum Gasteiger partial charge on any atom is -0.490 e. The number of hydrogen-bond donors (Lipinski definition) is 1. The summed E-state index contributed by atoms with van der Waals surface area (Å²) in [6.07, 6.45) is 2.83. The summed E-state index contributed by atoms with van der Waals surface area (Å²) in [5.41, 5.74) is 2.16.